The maximum atomic E-state index is 12.4. The molecule has 2 heterocycles. The Morgan fingerprint density at radius 3 is 2.50 bits per heavy atom. The van der Waals surface area contributed by atoms with Gasteiger partial charge in [-0.15, -0.1) is 0 Å². The molecule has 1 saturated heterocycles. The lowest BCUT2D eigenvalue weighted by atomic mass is 10.3. The summed E-state index contributed by atoms with van der Waals surface area (Å²) >= 11 is 0. The molecule has 1 aromatic heterocycles. The fraction of sp³-hybridized carbons (Fsp3) is 0.545. The third-order valence-corrected chi connectivity index (χ3v) is 2.68. The number of aromatic nitrogens is 1. The molecule has 88 valence electrons. The molecule has 0 bridgehead atoms. The Bertz CT molecular complexity index is 356. The predicted molar refractivity (Wildman–Crippen MR) is 53.8 cm³/mol. The van der Waals surface area contributed by atoms with E-state index in [9.17, 15) is 13.2 Å². The van der Waals surface area contributed by atoms with Gasteiger partial charge in [-0.3, -0.25) is 4.90 Å². The van der Waals surface area contributed by atoms with Crippen molar-refractivity contribution in [2.24, 2.45) is 0 Å². The molecule has 0 saturated carbocycles. The highest BCUT2D eigenvalue weighted by Gasteiger charge is 2.32. The summed E-state index contributed by atoms with van der Waals surface area (Å²) < 4.78 is 37.2. The Kier molecular flexibility index (Phi) is 3.14. The molecule has 1 aliphatic heterocycles. The molecule has 0 radical (unpaired) electrons. The first-order valence-corrected chi connectivity index (χ1v) is 5.31. The highest BCUT2D eigenvalue weighted by molar-refractivity contribution is 5.13. The second kappa shape index (κ2) is 4.41. The summed E-state index contributed by atoms with van der Waals surface area (Å²) in [5.41, 5.74) is -0.305. The van der Waals surface area contributed by atoms with Crippen molar-refractivity contribution in [1.29, 1.82) is 0 Å². The van der Waals surface area contributed by atoms with Gasteiger partial charge in [-0.2, -0.15) is 13.2 Å². The van der Waals surface area contributed by atoms with Gasteiger partial charge >= 0.3 is 6.18 Å². The van der Waals surface area contributed by atoms with Gasteiger partial charge in [-0.05, 0) is 38.1 Å². The van der Waals surface area contributed by atoms with E-state index in [2.05, 4.69) is 9.88 Å². The van der Waals surface area contributed by atoms with E-state index in [0.717, 1.165) is 32.0 Å². The predicted octanol–water partition coefficient (Wildman–Crippen LogP) is 2.70. The molecule has 0 spiro atoms. The van der Waals surface area contributed by atoms with Gasteiger partial charge in [0, 0.05) is 6.54 Å². The number of pyridine rings is 1. The van der Waals surface area contributed by atoms with Crippen LogP contribution < -0.4 is 0 Å². The largest absolute Gasteiger partial charge is 0.433 e. The maximum Gasteiger partial charge on any atom is 0.433 e. The molecule has 16 heavy (non-hydrogen) atoms. The Morgan fingerprint density at radius 2 is 1.88 bits per heavy atom. The van der Waals surface area contributed by atoms with Crippen molar-refractivity contribution in [3.8, 4) is 0 Å². The van der Waals surface area contributed by atoms with Crippen molar-refractivity contribution in [2.45, 2.75) is 25.6 Å². The van der Waals surface area contributed by atoms with Gasteiger partial charge in [0.05, 0.1) is 5.69 Å². The molecule has 0 aromatic carbocycles. The minimum atomic E-state index is -4.35. The van der Waals surface area contributed by atoms with Crippen LogP contribution in [-0.4, -0.2) is 23.0 Å². The number of halogens is 3. The van der Waals surface area contributed by atoms with Crippen molar-refractivity contribution >= 4 is 0 Å². The third kappa shape index (κ3) is 2.72. The second-order valence-electron chi connectivity index (χ2n) is 4.00. The Morgan fingerprint density at radius 1 is 1.19 bits per heavy atom. The van der Waals surface area contributed by atoms with E-state index < -0.39 is 11.9 Å². The number of hydrogen-bond acceptors (Lipinski definition) is 2. The summed E-state index contributed by atoms with van der Waals surface area (Å²) in [6.07, 6.45) is -2.10. The first-order chi connectivity index (χ1) is 7.55. The lowest BCUT2D eigenvalue weighted by molar-refractivity contribution is -0.141. The van der Waals surface area contributed by atoms with Crippen LogP contribution in [0.25, 0.3) is 0 Å². The normalized spacial score (nSPS) is 17.9. The van der Waals surface area contributed by atoms with E-state index in [0.29, 0.717) is 12.2 Å². The molecule has 0 amide bonds. The molecule has 2 nitrogen and oxygen atoms in total. The zero-order valence-electron chi connectivity index (χ0n) is 8.80. The average molecular weight is 230 g/mol. The fourth-order valence-corrected chi connectivity index (χ4v) is 1.90. The number of nitrogens with zero attached hydrogens (tertiary/aromatic N) is 2. The zero-order valence-corrected chi connectivity index (χ0v) is 8.80. The van der Waals surface area contributed by atoms with Gasteiger partial charge in [-0.1, -0.05) is 6.07 Å². The van der Waals surface area contributed by atoms with Crippen LogP contribution in [0.2, 0.25) is 0 Å². The van der Waals surface area contributed by atoms with Crippen LogP contribution in [0, 0.1) is 0 Å². The first kappa shape index (κ1) is 11.4. The third-order valence-electron chi connectivity index (χ3n) is 2.68. The molecular formula is C11H13F3N2. The van der Waals surface area contributed by atoms with Gasteiger partial charge in [-0.25, -0.2) is 4.98 Å². The summed E-state index contributed by atoms with van der Waals surface area (Å²) in [6.45, 7) is 2.43. The van der Waals surface area contributed by atoms with E-state index in [1.807, 2.05) is 0 Å². The van der Waals surface area contributed by atoms with Crippen molar-refractivity contribution in [3.05, 3.63) is 29.6 Å². The molecule has 1 aliphatic rings. The Balaban J connectivity index is 2.09. The van der Waals surface area contributed by atoms with Crippen molar-refractivity contribution < 1.29 is 13.2 Å². The highest BCUT2D eigenvalue weighted by atomic mass is 19.4. The lowest BCUT2D eigenvalue weighted by Crippen LogP contribution is -2.20. The van der Waals surface area contributed by atoms with Crippen LogP contribution in [0.4, 0.5) is 13.2 Å². The summed E-state index contributed by atoms with van der Waals surface area (Å²) in [7, 11) is 0. The van der Waals surface area contributed by atoms with E-state index in [1.54, 1.807) is 6.07 Å². The number of hydrogen-bond donors (Lipinski definition) is 0. The zero-order chi connectivity index (χ0) is 11.6. The molecule has 0 N–H and O–H groups in total. The van der Waals surface area contributed by atoms with E-state index in [4.69, 9.17) is 0 Å². The topological polar surface area (TPSA) is 16.1 Å². The number of alkyl halides is 3. The second-order valence-corrected chi connectivity index (χ2v) is 4.00. The van der Waals surface area contributed by atoms with Gasteiger partial charge in [0.25, 0.3) is 0 Å². The van der Waals surface area contributed by atoms with Crippen LogP contribution in [-0.2, 0) is 12.7 Å². The molecule has 0 atom stereocenters. The SMILES string of the molecule is FC(F)(F)c1cccc(CN2CCCC2)n1. The lowest BCUT2D eigenvalue weighted by Gasteiger charge is -2.14. The quantitative estimate of drug-likeness (QED) is 0.776. The minimum absolute atomic E-state index is 0.497. The van der Waals surface area contributed by atoms with Crippen LogP contribution >= 0.6 is 0 Å². The van der Waals surface area contributed by atoms with Crippen molar-refractivity contribution in [1.82, 2.24) is 9.88 Å². The van der Waals surface area contributed by atoms with E-state index in [-0.39, 0.29) is 0 Å². The van der Waals surface area contributed by atoms with Crippen molar-refractivity contribution in [3.63, 3.8) is 0 Å². The Hall–Kier alpha value is -1.10. The summed E-state index contributed by atoms with van der Waals surface area (Å²) in [6, 6.07) is 4.07. The highest BCUT2D eigenvalue weighted by Crippen LogP contribution is 2.27. The molecule has 0 unspecified atom stereocenters. The maximum absolute atomic E-state index is 12.4. The Labute approximate surface area is 92.1 Å². The molecular weight excluding hydrogens is 217 g/mol. The molecule has 0 aliphatic carbocycles. The molecule has 2 rings (SSSR count). The smallest absolute Gasteiger partial charge is 0.298 e. The monoisotopic (exact) mass is 230 g/mol. The summed E-state index contributed by atoms with van der Waals surface area (Å²) in [4.78, 5) is 5.77. The van der Waals surface area contributed by atoms with E-state index >= 15 is 0 Å². The van der Waals surface area contributed by atoms with Crippen molar-refractivity contribution in [2.75, 3.05) is 13.1 Å². The van der Waals surface area contributed by atoms with E-state index in [1.165, 1.54) is 6.07 Å². The van der Waals surface area contributed by atoms with Crippen LogP contribution in [0.3, 0.4) is 0 Å². The number of rotatable bonds is 2. The molecule has 5 heteroatoms. The van der Waals surface area contributed by atoms with Gasteiger partial charge in [0.1, 0.15) is 5.69 Å². The summed E-state index contributed by atoms with van der Waals surface area (Å²) in [5.74, 6) is 0. The average Bonchev–Trinajstić information content (AvgIpc) is 2.70. The van der Waals surface area contributed by atoms with Gasteiger partial charge in [0.15, 0.2) is 0 Å². The minimum Gasteiger partial charge on any atom is -0.298 e. The first-order valence-electron chi connectivity index (χ1n) is 5.31. The van der Waals surface area contributed by atoms with Crippen LogP contribution in [0.1, 0.15) is 24.2 Å². The fourth-order valence-electron chi connectivity index (χ4n) is 1.90. The standard InChI is InChI=1S/C11H13F3N2/c12-11(13,14)10-5-3-4-9(15-10)8-16-6-1-2-7-16/h3-5H,1-2,6-8H2. The molecule has 1 aromatic rings. The van der Waals surface area contributed by atoms with Gasteiger partial charge in [0.2, 0.25) is 0 Å². The van der Waals surface area contributed by atoms with Gasteiger partial charge < -0.3 is 0 Å². The summed E-state index contributed by atoms with van der Waals surface area (Å²) in [5, 5.41) is 0. The number of likely N-dealkylation sites (tertiary alicyclic amines) is 1. The van der Waals surface area contributed by atoms with Crippen LogP contribution in [0.15, 0.2) is 18.2 Å². The van der Waals surface area contributed by atoms with Crippen LogP contribution in [0.5, 0.6) is 0 Å². The molecule has 1 fully saturated rings.